The number of hydrogen-bond acceptors (Lipinski definition) is 2. The summed E-state index contributed by atoms with van der Waals surface area (Å²) < 4.78 is 40.2. The Morgan fingerprint density at radius 2 is 1.61 bits per heavy atom. The lowest BCUT2D eigenvalue weighted by molar-refractivity contribution is -0.248. The van der Waals surface area contributed by atoms with E-state index < -0.39 is 11.8 Å². The van der Waals surface area contributed by atoms with Crippen molar-refractivity contribution in [3.63, 3.8) is 0 Å². The van der Waals surface area contributed by atoms with Crippen LogP contribution in [0.4, 0.5) is 13.2 Å². The van der Waals surface area contributed by atoms with E-state index in [2.05, 4.69) is 15.9 Å². The minimum atomic E-state index is -4.78. The van der Waals surface area contributed by atoms with Crippen molar-refractivity contribution in [3.8, 4) is 0 Å². The fraction of sp³-hybridized carbons (Fsp3) is 0.167. The molecule has 1 N–H and O–H groups in total. The number of halogens is 4. The molecule has 0 spiro atoms. The van der Waals surface area contributed by atoms with Crippen LogP contribution in [-0.2, 0) is 5.60 Å². The van der Waals surface area contributed by atoms with E-state index in [1.165, 1.54) is 41.1 Å². The van der Waals surface area contributed by atoms with Gasteiger partial charge in [0.15, 0.2) is 0 Å². The second-order valence-electron chi connectivity index (χ2n) is 3.73. The highest BCUT2D eigenvalue weighted by Gasteiger charge is 2.56. The van der Waals surface area contributed by atoms with Crippen molar-refractivity contribution in [3.05, 3.63) is 56.7 Å². The van der Waals surface area contributed by atoms with Gasteiger partial charge in [-0.15, -0.1) is 0 Å². The van der Waals surface area contributed by atoms with Crippen molar-refractivity contribution in [2.45, 2.75) is 11.8 Å². The molecule has 2 aromatic rings. The Hall–Kier alpha value is -0.850. The van der Waals surface area contributed by atoms with Crippen LogP contribution in [0.25, 0.3) is 0 Å². The summed E-state index contributed by atoms with van der Waals surface area (Å²) in [5.74, 6) is 0. The summed E-state index contributed by atoms with van der Waals surface area (Å²) in [7, 11) is 0. The van der Waals surface area contributed by atoms with Crippen LogP contribution in [0, 0.1) is 0 Å². The molecule has 0 aliphatic carbocycles. The number of aliphatic hydroxyl groups is 1. The van der Waals surface area contributed by atoms with Crippen LogP contribution in [0.3, 0.4) is 0 Å². The van der Waals surface area contributed by atoms with Gasteiger partial charge in [-0.05, 0) is 34.5 Å². The topological polar surface area (TPSA) is 20.2 Å². The summed E-state index contributed by atoms with van der Waals surface area (Å²) in [6, 6.07) is 6.74. The molecule has 1 unspecified atom stereocenters. The monoisotopic (exact) mass is 336 g/mol. The van der Waals surface area contributed by atoms with E-state index in [0.29, 0.717) is 4.47 Å². The van der Waals surface area contributed by atoms with Gasteiger partial charge < -0.3 is 5.11 Å². The van der Waals surface area contributed by atoms with Gasteiger partial charge in [-0.2, -0.15) is 24.5 Å². The molecule has 6 heteroatoms. The highest BCUT2D eigenvalue weighted by molar-refractivity contribution is 9.10. The van der Waals surface area contributed by atoms with Gasteiger partial charge in [0.05, 0.1) is 0 Å². The SMILES string of the molecule is OC(c1ccc(Br)cc1)(c1ccsc1)C(F)(F)F. The summed E-state index contributed by atoms with van der Waals surface area (Å²) >= 11 is 4.26. The molecule has 0 bridgehead atoms. The number of hydrogen-bond donors (Lipinski definition) is 1. The molecule has 1 heterocycles. The molecular formula is C12H8BrF3OS. The first-order valence-corrected chi connectivity index (χ1v) is 6.67. The quantitative estimate of drug-likeness (QED) is 0.866. The lowest BCUT2D eigenvalue weighted by atomic mass is 9.87. The fourth-order valence-electron chi connectivity index (χ4n) is 1.66. The van der Waals surface area contributed by atoms with E-state index >= 15 is 0 Å². The van der Waals surface area contributed by atoms with Gasteiger partial charge in [0.1, 0.15) is 0 Å². The van der Waals surface area contributed by atoms with Crippen molar-refractivity contribution >= 4 is 27.3 Å². The Labute approximate surface area is 114 Å². The summed E-state index contributed by atoms with van der Waals surface area (Å²) in [5.41, 5.74) is -3.33. The molecule has 0 saturated carbocycles. The van der Waals surface area contributed by atoms with Crippen LogP contribution in [0.1, 0.15) is 11.1 Å². The maximum absolute atomic E-state index is 13.2. The summed E-state index contributed by atoms with van der Waals surface area (Å²) in [6.07, 6.45) is -4.78. The zero-order chi connectivity index (χ0) is 13.4. The molecule has 0 fully saturated rings. The Morgan fingerprint density at radius 1 is 1.00 bits per heavy atom. The minimum Gasteiger partial charge on any atom is -0.372 e. The Morgan fingerprint density at radius 3 is 2.06 bits per heavy atom. The Bertz CT molecular complexity index is 521. The van der Waals surface area contributed by atoms with Crippen LogP contribution in [0.15, 0.2) is 45.6 Å². The maximum Gasteiger partial charge on any atom is 0.425 e. The van der Waals surface area contributed by atoms with E-state index in [0.717, 1.165) is 11.3 Å². The van der Waals surface area contributed by atoms with Crippen molar-refractivity contribution < 1.29 is 18.3 Å². The smallest absolute Gasteiger partial charge is 0.372 e. The molecule has 1 nitrogen and oxygen atoms in total. The van der Waals surface area contributed by atoms with Gasteiger partial charge in [-0.25, -0.2) is 0 Å². The molecule has 0 aliphatic rings. The third-order valence-electron chi connectivity index (χ3n) is 2.61. The molecule has 1 atom stereocenters. The number of benzene rings is 1. The molecule has 0 radical (unpaired) electrons. The van der Waals surface area contributed by atoms with Crippen molar-refractivity contribution in [1.29, 1.82) is 0 Å². The van der Waals surface area contributed by atoms with Crippen LogP contribution in [-0.4, -0.2) is 11.3 Å². The number of alkyl halides is 3. The second kappa shape index (κ2) is 4.68. The average molecular weight is 337 g/mol. The summed E-state index contributed by atoms with van der Waals surface area (Å²) in [5, 5.41) is 12.9. The Balaban J connectivity index is 2.60. The van der Waals surface area contributed by atoms with Crippen LogP contribution >= 0.6 is 27.3 Å². The first-order valence-electron chi connectivity index (χ1n) is 4.93. The molecule has 0 saturated heterocycles. The van der Waals surface area contributed by atoms with E-state index in [1.807, 2.05) is 0 Å². The van der Waals surface area contributed by atoms with Gasteiger partial charge in [0.25, 0.3) is 0 Å². The third-order valence-corrected chi connectivity index (χ3v) is 3.82. The highest BCUT2D eigenvalue weighted by atomic mass is 79.9. The van der Waals surface area contributed by atoms with Gasteiger partial charge in [-0.1, -0.05) is 28.1 Å². The predicted molar refractivity (Wildman–Crippen MR) is 67.5 cm³/mol. The molecule has 96 valence electrons. The molecule has 1 aromatic carbocycles. The van der Waals surface area contributed by atoms with Crippen LogP contribution in [0.5, 0.6) is 0 Å². The zero-order valence-corrected chi connectivity index (χ0v) is 11.3. The highest BCUT2D eigenvalue weighted by Crippen LogP contribution is 2.44. The average Bonchev–Trinajstić information content (AvgIpc) is 2.81. The van der Waals surface area contributed by atoms with E-state index in [1.54, 1.807) is 0 Å². The predicted octanol–water partition coefficient (Wildman–Crippen LogP) is 4.31. The van der Waals surface area contributed by atoms with E-state index in [-0.39, 0.29) is 11.1 Å². The summed E-state index contributed by atoms with van der Waals surface area (Å²) in [4.78, 5) is 0. The largest absolute Gasteiger partial charge is 0.425 e. The first kappa shape index (κ1) is 13.6. The van der Waals surface area contributed by atoms with Gasteiger partial charge >= 0.3 is 6.18 Å². The third kappa shape index (κ3) is 2.20. The van der Waals surface area contributed by atoms with E-state index in [9.17, 15) is 18.3 Å². The molecule has 0 amide bonds. The number of rotatable bonds is 2. The van der Waals surface area contributed by atoms with Gasteiger partial charge in [-0.3, -0.25) is 0 Å². The summed E-state index contributed by atoms with van der Waals surface area (Å²) in [6.45, 7) is 0. The Kier molecular flexibility index (Phi) is 3.53. The molecular weight excluding hydrogens is 329 g/mol. The van der Waals surface area contributed by atoms with Gasteiger partial charge in [0.2, 0.25) is 5.60 Å². The van der Waals surface area contributed by atoms with Crippen LogP contribution in [0.2, 0.25) is 0 Å². The number of thiophene rings is 1. The lowest BCUT2D eigenvalue weighted by Crippen LogP contribution is -2.43. The minimum absolute atomic E-state index is 0.165. The molecule has 18 heavy (non-hydrogen) atoms. The van der Waals surface area contributed by atoms with Crippen molar-refractivity contribution in [2.24, 2.45) is 0 Å². The standard InChI is InChI=1S/C12H8BrF3OS/c13-10-3-1-8(2-4-10)11(17,12(14,15)16)9-5-6-18-7-9/h1-7,17H. The van der Waals surface area contributed by atoms with Crippen molar-refractivity contribution in [2.75, 3.05) is 0 Å². The van der Waals surface area contributed by atoms with Crippen LogP contribution < -0.4 is 0 Å². The first-order chi connectivity index (χ1) is 8.35. The normalized spacial score (nSPS) is 15.4. The zero-order valence-electron chi connectivity index (χ0n) is 8.91. The van der Waals surface area contributed by atoms with Gasteiger partial charge in [0, 0.05) is 10.0 Å². The lowest BCUT2D eigenvalue weighted by Gasteiger charge is -2.30. The molecule has 0 aliphatic heterocycles. The molecule has 1 aromatic heterocycles. The van der Waals surface area contributed by atoms with E-state index in [4.69, 9.17) is 0 Å². The second-order valence-corrected chi connectivity index (χ2v) is 5.42. The maximum atomic E-state index is 13.2. The fourth-order valence-corrected chi connectivity index (χ4v) is 2.62. The molecule has 2 rings (SSSR count). The van der Waals surface area contributed by atoms with Crippen molar-refractivity contribution in [1.82, 2.24) is 0 Å².